The third-order valence-corrected chi connectivity index (χ3v) is 3.80. The number of benzene rings is 1. The van der Waals surface area contributed by atoms with Crippen LogP contribution < -0.4 is 0 Å². The molecule has 1 aromatic carbocycles. The summed E-state index contributed by atoms with van der Waals surface area (Å²) in [5, 5.41) is 9.66. The molecule has 0 saturated heterocycles. The Morgan fingerprint density at radius 3 is 2.32 bits per heavy atom. The highest BCUT2D eigenvalue weighted by Crippen LogP contribution is 2.32. The van der Waals surface area contributed by atoms with E-state index in [1.54, 1.807) is 31.2 Å². The number of carbonyl (C=O) groups excluding carboxylic acids is 1. The smallest absolute Gasteiger partial charge is 0.334 e. The van der Waals surface area contributed by atoms with Gasteiger partial charge in [-0.25, -0.2) is 4.79 Å². The van der Waals surface area contributed by atoms with Crippen molar-refractivity contribution in [1.82, 2.24) is 4.90 Å². The zero-order chi connectivity index (χ0) is 14.5. The standard InChI is InChI=1S/C14H18BrNO3/c1-3-9-16(10-17)14(4-2,13(18)19)11-5-7-12(15)8-6-11/h5-8,10H,3-4,9H2,1-2H3,(H,18,19). The number of halogens is 1. The monoisotopic (exact) mass is 327 g/mol. The zero-order valence-corrected chi connectivity index (χ0v) is 12.7. The lowest BCUT2D eigenvalue weighted by molar-refractivity contribution is -0.156. The highest BCUT2D eigenvalue weighted by atomic mass is 79.9. The van der Waals surface area contributed by atoms with Crippen molar-refractivity contribution in [2.45, 2.75) is 32.2 Å². The van der Waals surface area contributed by atoms with E-state index in [9.17, 15) is 14.7 Å². The van der Waals surface area contributed by atoms with Crippen molar-refractivity contribution in [3.63, 3.8) is 0 Å². The van der Waals surface area contributed by atoms with Gasteiger partial charge in [0.1, 0.15) is 0 Å². The van der Waals surface area contributed by atoms with E-state index in [0.717, 1.165) is 4.47 Å². The molecule has 1 rings (SSSR count). The van der Waals surface area contributed by atoms with Gasteiger partial charge in [0.2, 0.25) is 6.41 Å². The Hall–Kier alpha value is -1.36. The predicted molar refractivity (Wildman–Crippen MR) is 76.8 cm³/mol. The van der Waals surface area contributed by atoms with E-state index in [1.165, 1.54) is 4.90 Å². The molecule has 0 aliphatic rings. The molecule has 1 aromatic rings. The molecule has 0 heterocycles. The van der Waals surface area contributed by atoms with E-state index in [4.69, 9.17) is 0 Å². The Bertz CT molecular complexity index is 447. The number of hydrogen-bond acceptors (Lipinski definition) is 2. The van der Waals surface area contributed by atoms with Crippen molar-refractivity contribution in [1.29, 1.82) is 0 Å². The largest absolute Gasteiger partial charge is 0.479 e. The molecule has 0 spiro atoms. The average Bonchev–Trinajstić information content (AvgIpc) is 2.40. The van der Waals surface area contributed by atoms with Crippen molar-refractivity contribution in [3.05, 3.63) is 34.3 Å². The number of carbonyl (C=O) groups is 2. The molecule has 1 unspecified atom stereocenters. The van der Waals surface area contributed by atoms with Crippen LogP contribution in [-0.4, -0.2) is 28.9 Å². The zero-order valence-electron chi connectivity index (χ0n) is 11.1. The van der Waals surface area contributed by atoms with E-state index < -0.39 is 11.5 Å². The normalized spacial score (nSPS) is 13.6. The van der Waals surface area contributed by atoms with Crippen molar-refractivity contribution in [3.8, 4) is 0 Å². The Morgan fingerprint density at radius 2 is 1.95 bits per heavy atom. The summed E-state index contributed by atoms with van der Waals surface area (Å²) in [5.74, 6) is -1.00. The summed E-state index contributed by atoms with van der Waals surface area (Å²) in [6.45, 7) is 4.11. The summed E-state index contributed by atoms with van der Waals surface area (Å²) in [6, 6.07) is 7.07. The molecule has 0 radical (unpaired) electrons. The van der Waals surface area contributed by atoms with Crippen molar-refractivity contribution >= 4 is 28.3 Å². The molecule has 0 aliphatic carbocycles. The molecule has 1 atom stereocenters. The van der Waals surface area contributed by atoms with Crippen molar-refractivity contribution in [2.75, 3.05) is 6.54 Å². The minimum atomic E-state index is -1.29. The summed E-state index contributed by atoms with van der Waals surface area (Å²) in [4.78, 5) is 24.5. The van der Waals surface area contributed by atoms with Gasteiger partial charge in [0.25, 0.3) is 0 Å². The number of nitrogens with zero attached hydrogens (tertiary/aromatic N) is 1. The Labute approximate surface area is 121 Å². The maximum absolute atomic E-state index is 11.8. The SMILES string of the molecule is CCCN(C=O)C(CC)(C(=O)O)c1ccc(Br)cc1. The maximum atomic E-state index is 11.8. The summed E-state index contributed by atoms with van der Waals surface area (Å²) < 4.78 is 0.875. The van der Waals surface area contributed by atoms with Gasteiger partial charge in [-0.1, -0.05) is 41.9 Å². The molecule has 19 heavy (non-hydrogen) atoms. The second kappa shape index (κ2) is 6.70. The van der Waals surface area contributed by atoms with Gasteiger partial charge in [0, 0.05) is 11.0 Å². The highest BCUT2D eigenvalue weighted by molar-refractivity contribution is 9.10. The van der Waals surface area contributed by atoms with Gasteiger partial charge in [-0.05, 0) is 30.5 Å². The van der Waals surface area contributed by atoms with Crippen molar-refractivity contribution < 1.29 is 14.7 Å². The molecule has 5 heteroatoms. The second-order valence-electron chi connectivity index (χ2n) is 4.32. The fourth-order valence-electron chi connectivity index (χ4n) is 2.27. The number of amides is 1. The van der Waals surface area contributed by atoms with Crippen LogP contribution in [0.4, 0.5) is 0 Å². The molecular formula is C14H18BrNO3. The predicted octanol–water partition coefficient (Wildman–Crippen LogP) is 3.01. The van der Waals surface area contributed by atoms with Crippen LogP contribution in [0.1, 0.15) is 32.3 Å². The van der Waals surface area contributed by atoms with E-state index in [2.05, 4.69) is 15.9 Å². The topological polar surface area (TPSA) is 57.6 Å². The van der Waals surface area contributed by atoms with Gasteiger partial charge < -0.3 is 10.0 Å². The summed E-state index contributed by atoms with van der Waals surface area (Å²) in [7, 11) is 0. The quantitative estimate of drug-likeness (QED) is 0.783. The van der Waals surface area contributed by atoms with E-state index in [1.807, 2.05) is 6.92 Å². The maximum Gasteiger partial charge on any atom is 0.334 e. The van der Waals surface area contributed by atoms with Gasteiger partial charge in [0.15, 0.2) is 5.54 Å². The lowest BCUT2D eigenvalue weighted by atomic mass is 9.85. The minimum absolute atomic E-state index is 0.322. The molecule has 1 amide bonds. The lowest BCUT2D eigenvalue weighted by Crippen LogP contribution is -2.51. The third kappa shape index (κ3) is 2.97. The number of rotatable bonds is 7. The van der Waals surface area contributed by atoms with Gasteiger partial charge in [-0.15, -0.1) is 0 Å². The van der Waals surface area contributed by atoms with E-state index in [0.29, 0.717) is 31.4 Å². The molecule has 0 fully saturated rings. The Kier molecular flexibility index (Phi) is 5.54. The van der Waals surface area contributed by atoms with Crippen molar-refractivity contribution in [2.24, 2.45) is 0 Å². The van der Waals surface area contributed by atoms with Crippen LogP contribution in [0.5, 0.6) is 0 Å². The summed E-state index contributed by atoms with van der Waals surface area (Å²) in [6.07, 6.45) is 1.66. The third-order valence-electron chi connectivity index (χ3n) is 3.27. The van der Waals surface area contributed by atoms with E-state index >= 15 is 0 Å². The molecule has 104 valence electrons. The Balaban J connectivity index is 3.36. The molecule has 0 aromatic heterocycles. The van der Waals surface area contributed by atoms with Gasteiger partial charge in [0.05, 0.1) is 0 Å². The van der Waals surface area contributed by atoms with Crippen LogP contribution >= 0.6 is 15.9 Å². The Morgan fingerprint density at radius 1 is 1.37 bits per heavy atom. The van der Waals surface area contributed by atoms with Gasteiger partial charge >= 0.3 is 5.97 Å². The first-order valence-corrected chi connectivity index (χ1v) is 7.03. The molecule has 1 N–H and O–H groups in total. The molecule has 0 aliphatic heterocycles. The van der Waals surface area contributed by atoms with Crippen LogP contribution in [0.2, 0.25) is 0 Å². The number of hydrogen-bond donors (Lipinski definition) is 1. The lowest BCUT2D eigenvalue weighted by Gasteiger charge is -2.38. The van der Waals surface area contributed by atoms with E-state index in [-0.39, 0.29) is 0 Å². The molecular weight excluding hydrogens is 310 g/mol. The summed E-state index contributed by atoms with van der Waals surface area (Å²) in [5.41, 5.74) is -0.676. The fraction of sp³-hybridized carbons (Fsp3) is 0.429. The molecule has 0 bridgehead atoms. The van der Waals surface area contributed by atoms with Crippen LogP contribution in [0.25, 0.3) is 0 Å². The summed E-state index contributed by atoms with van der Waals surface area (Å²) >= 11 is 3.33. The highest BCUT2D eigenvalue weighted by Gasteiger charge is 2.43. The minimum Gasteiger partial charge on any atom is -0.479 e. The number of aliphatic carboxylic acids is 1. The average molecular weight is 328 g/mol. The van der Waals surface area contributed by atoms with Crippen LogP contribution in [0.15, 0.2) is 28.7 Å². The first-order valence-electron chi connectivity index (χ1n) is 6.24. The fourth-order valence-corrected chi connectivity index (χ4v) is 2.53. The number of carboxylic acids is 1. The first kappa shape index (κ1) is 15.7. The van der Waals surface area contributed by atoms with Crippen LogP contribution in [-0.2, 0) is 15.1 Å². The second-order valence-corrected chi connectivity index (χ2v) is 5.24. The van der Waals surface area contributed by atoms with Crippen LogP contribution in [0, 0.1) is 0 Å². The first-order chi connectivity index (χ1) is 9.02. The molecule has 0 saturated carbocycles. The van der Waals surface area contributed by atoms with Gasteiger partial charge in [-0.2, -0.15) is 0 Å². The van der Waals surface area contributed by atoms with Crippen LogP contribution in [0.3, 0.4) is 0 Å². The van der Waals surface area contributed by atoms with Gasteiger partial charge in [-0.3, -0.25) is 4.79 Å². The molecule has 4 nitrogen and oxygen atoms in total. The number of carboxylic acid groups (broad SMARTS) is 1.